The van der Waals surface area contributed by atoms with E-state index in [1.165, 1.54) is 10.9 Å². The number of imidazole rings is 1. The van der Waals surface area contributed by atoms with E-state index in [1.54, 1.807) is 13.8 Å². The van der Waals surface area contributed by atoms with Gasteiger partial charge in [0, 0.05) is 18.9 Å². The van der Waals surface area contributed by atoms with E-state index in [9.17, 15) is 19.8 Å². The predicted octanol–water partition coefficient (Wildman–Crippen LogP) is 0.102. The molecule has 0 radical (unpaired) electrons. The number of fused-ring (bicyclic) bond motifs is 1. The first-order valence-electron chi connectivity index (χ1n) is 11.1. The highest BCUT2D eigenvalue weighted by atomic mass is 16.6. The Morgan fingerprint density at radius 1 is 1.22 bits per heavy atom. The molecule has 2 aromatic rings. The van der Waals surface area contributed by atoms with Crippen molar-refractivity contribution in [3.05, 3.63) is 12.2 Å². The zero-order valence-electron chi connectivity index (χ0n) is 18.3. The summed E-state index contributed by atoms with van der Waals surface area (Å²) in [5.74, 6) is 1.02. The fraction of sp³-hybridized carbons (Fsp3) is 0.667. The number of carbonyl (C=O) groups is 2. The van der Waals surface area contributed by atoms with E-state index >= 15 is 0 Å². The molecule has 11 heteroatoms. The largest absolute Gasteiger partial charge is 0.387 e. The van der Waals surface area contributed by atoms with Crippen molar-refractivity contribution in [1.82, 2.24) is 24.8 Å². The van der Waals surface area contributed by atoms with Gasteiger partial charge in [-0.05, 0) is 45.4 Å². The van der Waals surface area contributed by atoms with Crippen LogP contribution in [0.15, 0.2) is 6.33 Å². The summed E-state index contributed by atoms with van der Waals surface area (Å²) in [6, 6.07) is 0. The normalized spacial score (nSPS) is 30.5. The van der Waals surface area contributed by atoms with Gasteiger partial charge >= 0.3 is 0 Å². The molecule has 2 aliphatic rings. The van der Waals surface area contributed by atoms with Gasteiger partial charge in [0.1, 0.15) is 29.3 Å². The van der Waals surface area contributed by atoms with Gasteiger partial charge in [-0.15, -0.1) is 0 Å². The van der Waals surface area contributed by atoms with Crippen LogP contribution >= 0.6 is 0 Å². The number of anilines is 1. The topological polar surface area (TPSA) is 165 Å². The van der Waals surface area contributed by atoms with Crippen LogP contribution in [-0.2, 0) is 20.7 Å². The number of Topliss-reactive ketones (excluding diaryl/α,β-unsaturated/α-hetero) is 1. The molecule has 1 aliphatic carbocycles. The zero-order chi connectivity index (χ0) is 23.0. The molecule has 4 rings (SSSR count). The fourth-order valence-electron chi connectivity index (χ4n) is 4.67. The predicted molar refractivity (Wildman–Crippen MR) is 114 cm³/mol. The third-order valence-electron chi connectivity index (χ3n) is 6.51. The molecule has 11 nitrogen and oxygen atoms in total. The molecule has 1 amide bonds. The summed E-state index contributed by atoms with van der Waals surface area (Å²) in [5, 5.41) is 23.5. The van der Waals surface area contributed by atoms with Crippen LogP contribution in [0.4, 0.5) is 5.82 Å². The average molecular weight is 447 g/mol. The number of rotatable bonds is 6. The first kappa shape index (κ1) is 22.6. The third-order valence-corrected chi connectivity index (χ3v) is 6.51. The zero-order valence-corrected chi connectivity index (χ0v) is 18.3. The lowest BCUT2D eigenvalue weighted by Crippen LogP contribution is -2.42. The van der Waals surface area contributed by atoms with Crippen molar-refractivity contribution < 1.29 is 24.5 Å². The van der Waals surface area contributed by atoms with Gasteiger partial charge in [-0.2, -0.15) is 0 Å². The summed E-state index contributed by atoms with van der Waals surface area (Å²) in [7, 11) is 0. The second-order valence-corrected chi connectivity index (χ2v) is 8.70. The Bertz CT molecular complexity index is 1000. The van der Waals surface area contributed by atoms with Gasteiger partial charge in [-0.3, -0.25) is 14.2 Å². The number of aromatic nitrogens is 4. The number of nitrogens with two attached hydrogens (primary N) is 1. The number of nitrogens with one attached hydrogen (secondary N) is 1. The highest BCUT2D eigenvalue weighted by molar-refractivity contribution is 5.83. The van der Waals surface area contributed by atoms with Crippen LogP contribution in [0.3, 0.4) is 0 Å². The van der Waals surface area contributed by atoms with E-state index in [1.807, 2.05) is 0 Å². The fourth-order valence-corrected chi connectivity index (χ4v) is 4.67. The Balaban J connectivity index is 1.56. The molecular weight excluding hydrogens is 416 g/mol. The number of ether oxygens (including phenoxy) is 1. The number of likely N-dealkylation sites (N-methyl/N-ethyl adjacent to an activating group) is 1. The maximum atomic E-state index is 12.2. The first-order chi connectivity index (χ1) is 15.3. The van der Waals surface area contributed by atoms with Crippen LogP contribution in [0, 0.1) is 11.8 Å². The quantitative estimate of drug-likeness (QED) is 0.481. The highest BCUT2D eigenvalue weighted by Gasteiger charge is 2.47. The van der Waals surface area contributed by atoms with Crippen molar-refractivity contribution in [2.24, 2.45) is 11.8 Å². The molecule has 174 valence electrons. The summed E-state index contributed by atoms with van der Waals surface area (Å²) < 4.78 is 7.18. The van der Waals surface area contributed by atoms with Gasteiger partial charge in [0.25, 0.3) is 5.91 Å². The van der Waals surface area contributed by atoms with Crippen molar-refractivity contribution in [3.8, 4) is 0 Å². The van der Waals surface area contributed by atoms with Crippen molar-refractivity contribution in [2.45, 2.75) is 70.5 Å². The lowest BCUT2D eigenvalue weighted by molar-refractivity contribution is -0.137. The molecular formula is C21H30N6O5. The molecule has 3 heterocycles. The number of nitrogens with zero attached hydrogens (tertiary/aromatic N) is 4. The molecule has 1 aliphatic heterocycles. The molecule has 32 heavy (non-hydrogen) atoms. The van der Waals surface area contributed by atoms with Crippen molar-refractivity contribution in [2.75, 3.05) is 12.3 Å². The maximum absolute atomic E-state index is 12.2. The van der Waals surface area contributed by atoms with Crippen LogP contribution in [-0.4, -0.2) is 66.3 Å². The smallest absolute Gasteiger partial charge is 0.252 e. The lowest BCUT2D eigenvalue weighted by Gasteiger charge is -2.26. The maximum Gasteiger partial charge on any atom is 0.252 e. The van der Waals surface area contributed by atoms with E-state index in [-0.39, 0.29) is 17.5 Å². The number of hydrogen-bond acceptors (Lipinski definition) is 9. The Kier molecular flexibility index (Phi) is 6.40. The molecule has 1 saturated heterocycles. The van der Waals surface area contributed by atoms with Crippen molar-refractivity contribution in [1.29, 1.82) is 0 Å². The van der Waals surface area contributed by atoms with E-state index in [4.69, 9.17) is 10.5 Å². The average Bonchev–Trinajstić information content (AvgIpc) is 3.30. The van der Waals surface area contributed by atoms with Gasteiger partial charge in [-0.25, -0.2) is 15.0 Å². The van der Waals surface area contributed by atoms with Gasteiger partial charge in [-0.1, -0.05) is 0 Å². The number of carbonyl (C=O) groups excluding carboxylic acids is 2. The number of aliphatic hydroxyl groups excluding tert-OH is 2. The molecule has 5 N–H and O–H groups in total. The van der Waals surface area contributed by atoms with Crippen LogP contribution in [0.2, 0.25) is 0 Å². The SMILES string of the molecule is CCNC(=O)[C@H]1O[C@@H](n2cnc3c(N)nc(CC4CCC(C(C)=O)CC4)nc32)C(O)C1O. The van der Waals surface area contributed by atoms with Gasteiger partial charge < -0.3 is 26.0 Å². The van der Waals surface area contributed by atoms with Crippen LogP contribution < -0.4 is 11.1 Å². The minimum atomic E-state index is -1.39. The Morgan fingerprint density at radius 3 is 2.59 bits per heavy atom. The summed E-state index contributed by atoms with van der Waals surface area (Å²) in [5.41, 5.74) is 6.86. The van der Waals surface area contributed by atoms with Crippen LogP contribution in [0.25, 0.3) is 11.2 Å². The van der Waals surface area contributed by atoms with Gasteiger partial charge in [0.15, 0.2) is 23.8 Å². The molecule has 2 aromatic heterocycles. The summed E-state index contributed by atoms with van der Waals surface area (Å²) in [4.78, 5) is 37.1. The molecule has 0 spiro atoms. The number of amides is 1. The molecule has 0 bridgehead atoms. The lowest BCUT2D eigenvalue weighted by atomic mass is 9.79. The third kappa shape index (κ3) is 4.19. The number of hydrogen-bond donors (Lipinski definition) is 4. The van der Waals surface area contributed by atoms with E-state index in [0.717, 1.165) is 25.7 Å². The second-order valence-electron chi connectivity index (χ2n) is 8.70. The highest BCUT2D eigenvalue weighted by Crippen LogP contribution is 2.34. The molecule has 2 fully saturated rings. The van der Waals surface area contributed by atoms with Gasteiger partial charge in [0.2, 0.25) is 0 Å². The molecule has 2 unspecified atom stereocenters. The van der Waals surface area contributed by atoms with Crippen LogP contribution in [0.1, 0.15) is 51.6 Å². The van der Waals surface area contributed by atoms with E-state index in [2.05, 4.69) is 20.3 Å². The van der Waals surface area contributed by atoms with Crippen LogP contribution in [0.5, 0.6) is 0 Å². The summed E-state index contributed by atoms with van der Waals surface area (Å²) in [6.45, 7) is 3.78. The Morgan fingerprint density at radius 2 is 1.94 bits per heavy atom. The monoisotopic (exact) mass is 446 g/mol. The number of ketones is 1. The first-order valence-corrected chi connectivity index (χ1v) is 11.1. The Hall–Kier alpha value is -2.63. The summed E-state index contributed by atoms with van der Waals surface area (Å²) in [6.07, 6.45) is 0.643. The number of nitrogen functional groups attached to an aromatic ring is 1. The minimum Gasteiger partial charge on any atom is -0.387 e. The van der Waals surface area contributed by atoms with Crippen molar-refractivity contribution in [3.63, 3.8) is 0 Å². The van der Waals surface area contributed by atoms with Gasteiger partial charge in [0.05, 0.1) is 6.33 Å². The molecule has 1 saturated carbocycles. The van der Waals surface area contributed by atoms with E-state index in [0.29, 0.717) is 35.9 Å². The van der Waals surface area contributed by atoms with Crippen molar-refractivity contribution >= 4 is 28.7 Å². The molecule has 0 aromatic carbocycles. The standard InChI is InChI=1S/C21H30N6O5/c1-3-23-20(31)17-15(29)16(30)21(32-17)27-9-24-14-18(22)25-13(26-19(14)27)8-11-4-6-12(7-5-11)10(2)28/h9,11-12,15-17,21,29-30H,3-8H2,1-2H3,(H,23,31)(H2,22,25,26)/t11?,12?,15?,16?,17-,21+/m0/s1. The summed E-state index contributed by atoms with van der Waals surface area (Å²) >= 11 is 0. The molecule has 4 atom stereocenters. The van der Waals surface area contributed by atoms with E-state index < -0.39 is 30.4 Å². The Labute approximate surface area is 185 Å². The second kappa shape index (κ2) is 9.08. The minimum absolute atomic E-state index is 0.145. The number of aliphatic hydroxyl groups is 2.